The molecule has 0 radical (unpaired) electrons. The van der Waals surface area contributed by atoms with Crippen molar-refractivity contribution in [3.8, 4) is 0 Å². The molecule has 0 bridgehead atoms. The lowest BCUT2D eigenvalue weighted by molar-refractivity contribution is 0.191. The summed E-state index contributed by atoms with van der Waals surface area (Å²) in [7, 11) is -4.48. The number of sulfonamides is 1. The summed E-state index contributed by atoms with van der Waals surface area (Å²) >= 11 is 0. The molecule has 0 aliphatic carbocycles. The van der Waals surface area contributed by atoms with Gasteiger partial charge in [-0.15, -0.1) is 0 Å². The zero-order chi connectivity index (χ0) is 11.2. The molecule has 1 atom stereocenters. The summed E-state index contributed by atoms with van der Waals surface area (Å²) in [6, 6.07) is 0. The molecule has 0 aromatic heterocycles. The summed E-state index contributed by atoms with van der Waals surface area (Å²) in [4.78, 5) is 0. The first kappa shape index (κ1) is 13.7. The molecule has 0 amide bonds. The molecule has 1 unspecified atom stereocenters. The van der Waals surface area contributed by atoms with Crippen LogP contribution in [-0.2, 0) is 10.0 Å². The monoisotopic (exact) mass is 232 g/mol. The average Bonchev–Trinajstić information content (AvgIpc) is 2.02. The van der Waals surface area contributed by atoms with Gasteiger partial charge in [-0.05, 0) is 6.92 Å². The largest absolute Gasteiger partial charge is 0.392 e. The fraction of sp³-hybridized carbons (Fsp3) is 1.00. The molecule has 0 aliphatic heterocycles. The van der Waals surface area contributed by atoms with Gasteiger partial charge in [0.2, 0.25) is 0 Å². The van der Waals surface area contributed by atoms with Gasteiger partial charge >= 0.3 is 5.76 Å². The Morgan fingerprint density at radius 1 is 1.36 bits per heavy atom. The highest BCUT2D eigenvalue weighted by molar-refractivity contribution is 7.89. The molecule has 0 saturated heterocycles. The third-order valence-corrected chi connectivity index (χ3v) is 2.35. The summed E-state index contributed by atoms with van der Waals surface area (Å²) in [6.45, 7) is 1.91. The molecular formula is C6H14F2N2O3S. The number of hydrogen-bond acceptors (Lipinski definition) is 4. The Bertz CT molecular complexity index is 243. The summed E-state index contributed by atoms with van der Waals surface area (Å²) in [5.41, 5.74) is 0. The minimum atomic E-state index is -4.48. The molecule has 0 aromatic carbocycles. The Morgan fingerprint density at radius 2 is 1.93 bits per heavy atom. The second kappa shape index (κ2) is 6.23. The zero-order valence-electron chi connectivity index (χ0n) is 7.70. The van der Waals surface area contributed by atoms with Gasteiger partial charge in [-0.25, -0.2) is 13.1 Å². The van der Waals surface area contributed by atoms with E-state index in [1.807, 2.05) is 0 Å². The summed E-state index contributed by atoms with van der Waals surface area (Å²) in [5, 5.41) is 11.5. The Kier molecular flexibility index (Phi) is 6.09. The number of aliphatic hydroxyl groups excluding tert-OH is 1. The average molecular weight is 232 g/mol. The van der Waals surface area contributed by atoms with Gasteiger partial charge in [-0.3, -0.25) is 0 Å². The van der Waals surface area contributed by atoms with Gasteiger partial charge < -0.3 is 10.4 Å². The van der Waals surface area contributed by atoms with E-state index in [1.54, 1.807) is 11.6 Å². The molecule has 0 aliphatic rings. The third kappa shape index (κ3) is 6.19. The highest BCUT2D eigenvalue weighted by atomic mass is 32.2. The molecule has 0 spiro atoms. The van der Waals surface area contributed by atoms with Gasteiger partial charge in [0.25, 0.3) is 10.0 Å². The van der Waals surface area contributed by atoms with Crippen molar-refractivity contribution in [1.29, 1.82) is 0 Å². The lowest BCUT2D eigenvalue weighted by Gasteiger charge is -2.07. The molecular weight excluding hydrogens is 218 g/mol. The maximum atomic E-state index is 11.7. The molecule has 0 aromatic rings. The van der Waals surface area contributed by atoms with E-state index in [0.717, 1.165) is 0 Å². The SMILES string of the molecule is CC(O)CNCCNS(=O)(=O)C(F)F. The van der Waals surface area contributed by atoms with Crippen molar-refractivity contribution < 1.29 is 22.3 Å². The highest BCUT2D eigenvalue weighted by Crippen LogP contribution is 2.00. The number of alkyl halides is 2. The fourth-order valence-corrected chi connectivity index (χ4v) is 1.17. The lowest BCUT2D eigenvalue weighted by Crippen LogP contribution is -2.36. The molecule has 8 heteroatoms. The third-order valence-electron chi connectivity index (χ3n) is 1.28. The number of nitrogens with one attached hydrogen (secondary N) is 2. The van der Waals surface area contributed by atoms with Crippen LogP contribution < -0.4 is 10.0 Å². The smallest absolute Gasteiger partial charge is 0.350 e. The number of hydrogen-bond donors (Lipinski definition) is 3. The summed E-state index contributed by atoms with van der Waals surface area (Å²) < 4.78 is 46.2. The van der Waals surface area contributed by atoms with Crippen molar-refractivity contribution in [1.82, 2.24) is 10.0 Å². The lowest BCUT2D eigenvalue weighted by atomic mass is 10.4. The van der Waals surface area contributed by atoms with Gasteiger partial charge in [0.1, 0.15) is 0 Å². The molecule has 86 valence electrons. The Hall–Kier alpha value is -0.310. The van der Waals surface area contributed by atoms with Crippen LogP contribution in [0, 0.1) is 0 Å². The van der Waals surface area contributed by atoms with Crippen LogP contribution in [0.1, 0.15) is 6.92 Å². The Labute approximate surface area is 81.5 Å². The van der Waals surface area contributed by atoms with E-state index in [4.69, 9.17) is 5.11 Å². The van der Waals surface area contributed by atoms with Gasteiger partial charge in [0.15, 0.2) is 0 Å². The van der Waals surface area contributed by atoms with Crippen LogP contribution in [0.2, 0.25) is 0 Å². The van der Waals surface area contributed by atoms with Gasteiger partial charge in [-0.2, -0.15) is 8.78 Å². The molecule has 3 N–H and O–H groups in total. The number of rotatable bonds is 7. The van der Waals surface area contributed by atoms with Crippen LogP contribution in [0.4, 0.5) is 8.78 Å². The van der Waals surface area contributed by atoms with Crippen LogP contribution in [0.5, 0.6) is 0 Å². The van der Waals surface area contributed by atoms with Gasteiger partial charge in [0, 0.05) is 19.6 Å². The van der Waals surface area contributed by atoms with Crippen molar-refractivity contribution in [3.63, 3.8) is 0 Å². The van der Waals surface area contributed by atoms with Crippen molar-refractivity contribution in [3.05, 3.63) is 0 Å². The van der Waals surface area contributed by atoms with Crippen LogP contribution in [0.25, 0.3) is 0 Å². The predicted octanol–water partition coefficient (Wildman–Crippen LogP) is -0.901. The van der Waals surface area contributed by atoms with Crippen molar-refractivity contribution in [2.45, 2.75) is 18.8 Å². The van der Waals surface area contributed by atoms with Gasteiger partial charge in [-0.1, -0.05) is 0 Å². The molecule has 14 heavy (non-hydrogen) atoms. The van der Waals surface area contributed by atoms with Crippen LogP contribution >= 0.6 is 0 Å². The molecule has 0 saturated carbocycles. The fourth-order valence-electron chi connectivity index (χ4n) is 0.656. The summed E-state index contributed by atoms with van der Waals surface area (Å²) in [5.74, 6) is -3.40. The minimum absolute atomic E-state index is 0.126. The van der Waals surface area contributed by atoms with E-state index < -0.39 is 21.9 Å². The first-order valence-electron chi connectivity index (χ1n) is 4.01. The quantitative estimate of drug-likeness (QED) is 0.497. The van der Waals surface area contributed by atoms with Crippen LogP contribution in [-0.4, -0.2) is 45.0 Å². The van der Waals surface area contributed by atoms with E-state index in [2.05, 4.69) is 5.32 Å². The maximum absolute atomic E-state index is 11.7. The normalized spacial score (nSPS) is 14.6. The van der Waals surface area contributed by atoms with E-state index in [9.17, 15) is 17.2 Å². The van der Waals surface area contributed by atoms with E-state index >= 15 is 0 Å². The highest BCUT2D eigenvalue weighted by Gasteiger charge is 2.22. The molecule has 5 nitrogen and oxygen atoms in total. The number of aliphatic hydroxyl groups is 1. The Balaban J connectivity index is 3.55. The standard InChI is InChI=1S/C6H14F2N2O3S/c1-5(11)4-9-2-3-10-14(12,13)6(7)8/h5-6,9-11H,2-4H2,1H3. The first-order chi connectivity index (χ1) is 6.36. The van der Waals surface area contributed by atoms with Crippen molar-refractivity contribution in [2.24, 2.45) is 0 Å². The van der Waals surface area contributed by atoms with E-state index in [-0.39, 0.29) is 19.6 Å². The number of halogens is 2. The maximum Gasteiger partial charge on any atom is 0.350 e. The first-order valence-corrected chi connectivity index (χ1v) is 5.56. The molecule has 0 fully saturated rings. The van der Waals surface area contributed by atoms with Crippen LogP contribution in [0.3, 0.4) is 0 Å². The molecule has 0 heterocycles. The van der Waals surface area contributed by atoms with E-state index in [1.165, 1.54) is 0 Å². The van der Waals surface area contributed by atoms with E-state index in [0.29, 0.717) is 0 Å². The van der Waals surface area contributed by atoms with Crippen molar-refractivity contribution >= 4 is 10.0 Å². The minimum Gasteiger partial charge on any atom is -0.392 e. The predicted molar refractivity (Wildman–Crippen MR) is 47.5 cm³/mol. The second-order valence-electron chi connectivity index (χ2n) is 2.75. The Morgan fingerprint density at radius 3 is 2.36 bits per heavy atom. The topological polar surface area (TPSA) is 78.4 Å². The van der Waals surface area contributed by atoms with Crippen LogP contribution in [0.15, 0.2) is 0 Å². The van der Waals surface area contributed by atoms with Gasteiger partial charge in [0.05, 0.1) is 6.10 Å². The molecule has 0 rings (SSSR count). The second-order valence-corrected chi connectivity index (χ2v) is 4.49. The van der Waals surface area contributed by atoms with Crippen molar-refractivity contribution in [2.75, 3.05) is 19.6 Å². The summed E-state index contributed by atoms with van der Waals surface area (Å²) in [6.07, 6.45) is -0.554. The zero-order valence-corrected chi connectivity index (χ0v) is 8.52.